The molecule has 0 aliphatic heterocycles. The van der Waals surface area contributed by atoms with Gasteiger partial charge in [-0.05, 0) is 6.92 Å². The molecule has 0 heterocycles. The molecule has 0 rings (SSSR count). The second-order valence-electron chi connectivity index (χ2n) is 1.56. The Morgan fingerprint density at radius 1 is 1.89 bits per heavy atom. The molecule has 1 unspecified atom stereocenters. The van der Waals surface area contributed by atoms with Gasteiger partial charge in [-0.25, -0.2) is 0 Å². The molecule has 0 saturated carbocycles. The van der Waals surface area contributed by atoms with E-state index in [2.05, 4.69) is 5.32 Å². The third kappa shape index (κ3) is 11.3. The van der Waals surface area contributed by atoms with Crippen molar-refractivity contribution in [1.82, 2.24) is 5.32 Å². The van der Waals surface area contributed by atoms with E-state index in [0.29, 0.717) is 0 Å². The first-order chi connectivity index (χ1) is 3.63. The fraction of sp³-hybridized carbons (Fsp3) is 0.750. The number of rotatable bonds is 3. The van der Waals surface area contributed by atoms with Crippen LogP contribution in [-0.4, -0.2) is 23.8 Å². The molecule has 0 amide bonds. The predicted octanol–water partition coefficient (Wildman–Crippen LogP) is -0.613. The van der Waals surface area contributed by atoms with Gasteiger partial charge in [0, 0.05) is 0 Å². The first-order valence-corrected chi connectivity index (χ1v) is 2.33. The van der Waals surface area contributed by atoms with Crippen LogP contribution in [0.4, 0.5) is 0 Å². The Hall–Kier alpha value is -0.320. The van der Waals surface area contributed by atoms with Crippen LogP contribution < -0.4 is 11.1 Å². The van der Waals surface area contributed by atoms with E-state index in [1.165, 1.54) is 0 Å². The van der Waals surface area contributed by atoms with Crippen molar-refractivity contribution >= 4 is 18.4 Å². The first-order valence-electron chi connectivity index (χ1n) is 2.33. The summed E-state index contributed by atoms with van der Waals surface area (Å²) < 4.78 is 0. The van der Waals surface area contributed by atoms with Crippen molar-refractivity contribution in [3.05, 3.63) is 0 Å². The molecule has 0 aliphatic rings. The highest BCUT2D eigenvalue weighted by molar-refractivity contribution is 5.85. The summed E-state index contributed by atoms with van der Waals surface area (Å²) in [5.41, 5.74) is 5.17. The van der Waals surface area contributed by atoms with E-state index in [-0.39, 0.29) is 25.1 Å². The van der Waals surface area contributed by atoms with Crippen LogP contribution in [0.2, 0.25) is 0 Å². The second kappa shape index (κ2) is 5.81. The van der Waals surface area contributed by atoms with Gasteiger partial charge in [0.1, 0.15) is 0 Å². The van der Waals surface area contributed by atoms with Gasteiger partial charge in [-0.3, -0.25) is 10.1 Å². The second-order valence-corrected chi connectivity index (χ2v) is 1.56. The minimum absolute atomic E-state index is 0. The molecule has 0 bridgehead atoms. The van der Waals surface area contributed by atoms with Crippen LogP contribution in [0.1, 0.15) is 6.92 Å². The summed E-state index contributed by atoms with van der Waals surface area (Å²) in [4.78, 5) is 9.79. The lowest BCUT2D eigenvalue weighted by Crippen LogP contribution is -2.37. The predicted molar refractivity (Wildman–Crippen MR) is 36.5 cm³/mol. The zero-order chi connectivity index (χ0) is 6.57. The van der Waals surface area contributed by atoms with Crippen LogP contribution in [-0.2, 0) is 4.79 Å². The largest absolute Gasteiger partial charge is 0.480 e. The van der Waals surface area contributed by atoms with Crippen LogP contribution in [0, 0.1) is 0 Å². The van der Waals surface area contributed by atoms with Gasteiger partial charge in [0.25, 0.3) is 0 Å². The lowest BCUT2D eigenvalue weighted by Gasteiger charge is -2.02. The maximum Gasteiger partial charge on any atom is 0.317 e. The Morgan fingerprint density at radius 3 is 2.44 bits per heavy atom. The number of carboxylic acid groups (broad SMARTS) is 1. The molecule has 4 nitrogen and oxygen atoms in total. The van der Waals surface area contributed by atoms with E-state index in [9.17, 15) is 4.79 Å². The lowest BCUT2D eigenvalue weighted by molar-refractivity contribution is -0.136. The molecule has 0 aliphatic carbocycles. The monoisotopic (exact) mass is 154 g/mol. The highest BCUT2D eigenvalue weighted by Crippen LogP contribution is 1.64. The van der Waals surface area contributed by atoms with Gasteiger partial charge in [-0.15, -0.1) is 12.4 Å². The molecule has 5 heteroatoms. The quantitative estimate of drug-likeness (QED) is 0.474. The van der Waals surface area contributed by atoms with Crippen LogP contribution in [0.5, 0.6) is 0 Å². The summed E-state index contributed by atoms with van der Waals surface area (Å²) >= 11 is 0. The van der Waals surface area contributed by atoms with Gasteiger partial charge >= 0.3 is 5.97 Å². The summed E-state index contributed by atoms with van der Waals surface area (Å²) in [6, 6.07) is 0. The molecular formula is C4H11ClN2O2. The minimum Gasteiger partial charge on any atom is -0.480 e. The number of nitrogens with one attached hydrogen (secondary N) is 1. The molecular weight excluding hydrogens is 144 g/mol. The minimum atomic E-state index is -0.887. The molecule has 1 atom stereocenters. The number of carboxylic acids is 1. The van der Waals surface area contributed by atoms with Gasteiger partial charge in [0.15, 0.2) is 0 Å². The molecule has 0 radical (unpaired) electrons. The molecule has 56 valence electrons. The average molecular weight is 155 g/mol. The SMILES string of the molecule is CC(N)NCC(=O)O.Cl. The number of hydrogen-bond acceptors (Lipinski definition) is 3. The highest BCUT2D eigenvalue weighted by atomic mass is 35.5. The lowest BCUT2D eigenvalue weighted by atomic mass is 10.5. The van der Waals surface area contributed by atoms with Crippen molar-refractivity contribution in [2.75, 3.05) is 6.54 Å². The number of aliphatic carboxylic acids is 1. The third-order valence-corrected chi connectivity index (χ3v) is 0.575. The van der Waals surface area contributed by atoms with E-state index in [1.807, 2.05) is 0 Å². The normalized spacial score (nSPS) is 11.8. The number of nitrogens with two attached hydrogens (primary N) is 1. The number of halogens is 1. The van der Waals surface area contributed by atoms with Crippen molar-refractivity contribution in [2.45, 2.75) is 13.1 Å². The Bertz CT molecular complexity index is 86.6. The maximum atomic E-state index is 9.79. The molecule has 0 spiro atoms. The Balaban J connectivity index is 0. The highest BCUT2D eigenvalue weighted by Gasteiger charge is 1.95. The van der Waals surface area contributed by atoms with Crippen molar-refractivity contribution < 1.29 is 9.90 Å². The summed E-state index contributed by atoms with van der Waals surface area (Å²) in [5.74, 6) is -0.887. The molecule has 0 saturated heterocycles. The van der Waals surface area contributed by atoms with Crippen LogP contribution in [0.3, 0.4) is 0 Å². The van der Waals surface area contributed by atoms with Crippen LogP contribution in [0.25, 0.3) is 0 Å². The number of carbonyl (C=O) groups is 1. The smallest absolute Gasteiger partial charge is 0.317 e. The molecule has 0 aromatic carbocycles. The van der Waals surface area contributed by atoms with Gasteiger partial charge in [-0.2, -0.15) is 0 Å². The van der Waals surface area contributed by atoms with E-state index >= 15 is 0 Å². The van der Waals surface area contributed by atoms with Gasteiger partial charge in [0.05, 0.1) is 12.7 Å². The van der Waals surface area contributed by atoms with Crippen molar-refractivity contribution in [1.29, 1.82) is 0 Å². The summed E-state index contributed by atoms with van der Waals surface area (Å²) in [6.07, 6.45) is -0.244. The van der Waals surface area contributed by atoms with Crippen molar-refractivity contribution in [2.24, 2.45) is 5.73 Å². The van der Waals surface area contributed by atoms with Crippen molar-refractivity contribution in [3.63, 3.8) is 0 Å². The molecule has 4 N–H and O–H groups in total. The molecule has 0 fully saturated rings. The zero-order valence-corrected chi connectivity index (χ0v) is 5.94. The average Bonchev–Trinajstić information content (AvgIpc) is 1.61. The molecule has 0 aromatic rings. The van der Waals surface area contributed by atoms with Crippen LogP contribution in [0.15, 0.2) is 0 Å². The third-order valence-electron chi connectivity index (χ3n) is 0.575. The maximum absolute atomic E-state index is 9.79. The first kappa shape index (κ1) is 11.5. The standard InChI is InChI=1S/C4H10N2O2.ClH/c1-3(5)6-2-4(7)8;/h3,6H,2,5H2,1H3,(H,7,8);1H. The van der Waals surface area contributed by atoms with Crippen molar-refractivity contribution in [3.8, 4) is 0 Å². The fourth-order valence-electron chi connectivity index (χ4n) is 0.248. The van der Waals surface area contributed by atoms with E-state index in [4.69, 9.17) is 10.8 Å². The number of hydrogen-bond donors (Lipinski definition) is 3. The Labute approximate surface area is 59.8 Å². The summed E-state index contributed by atoms with van der Waals surface area (Å²) in [6.45, 7) is 1.61. The van der Waals surface area contributed by atoms with E-state index in [0.717, 1.165) is 0 Å². The van der Waals surface area contributed by atoms with Crippen LogP contribution >= 0.6 is 12.4 Å². The Morgan fingerprint density at radius 2 is 2.33 bits per heavy atom. The Kier molecular flexibility index (Phi) is 7.41. The van der Waals surface area contributed by atoms with Gasteiger partial charge in [-0.1, -0.05) is 0 Å². The fourth-order valence-corrected chi connectivity index (χ4v) is 0.248. The molecule has 0 aromatic heterocycles. The zero-order valence-electron chi connectivity index (χ0n) is 5.13. The molecule has 9 heavy (non-hydrogen) atoms. The van der Waals surface area contributed by atoms with E-state index < -0.39 is 5.97 Å². The van der Waals surface area contributed by atoms with E-state index in [1.54, 1.807) is 6.92 Å². The topological polar surface area (TPSA) is 75.3 Å². The summed E-state index contributed by atoms with van der Waals surface area (Å²) in [7, 11) is 0. The summed E-state index contributed by atoms with van der Waals surface area (Å²) in [5, 5.41) is 10.6. The van der Waals surface area contributed by atoms with Gasteiger partial charge in [0.2, 0.25) is 0 Å². The van der Waals surface area contributed by atoms with Gasteiger partial charge < -0.3 is 10.8 Å².